The number of hydrogen-bond donors (Lipinski definition) is 0. The van der Waals surface area contributed by atoms with Crippen molar-refractivity contribution >= 4 is 53.0 Å². The maximum atomic E-state index is 14.8. The molecule has 0 bridgehead atoms. The van der Waals surface area contributed by atoms with Crippen LogP contribution in [0.4, 0.5) is 52.7 Å². The van der Waals surface area contributed by atoms with Gasteiger partial charge in [-0.05, 0) is 242 Å². The lowest BCUT2D eigenvalue weighted by Crippen LogP contribution is -2.40. The number of halogens is 12. The number of alkyl halides is 9. The summed E-state index contributed by atoms with van der Waals surface area (Å²) < 4.78 is 524. The second kappa shape index (κ2) is 50.1. The second-order valence-corrected chi connectivity index (χ2v) is 33.9. The second-order valence-electron chi connectivity index (χ2n) is 31.5. The summed E-state index contributed by atoms with van der Waals surface area (Å²) in [5, 5.41) is -1.31. The highest BCUT2D eigenvalue weighted by molar-refractivity contribution is 7.98. The number of thioether (sulfide) groups is 3. The molecule has 1 unspecified atom stereocenters. The average Bonchev–Trinajstić information content (AvgIpc) is 1.52. The van der Waals surface area contributed by atoms with Crippen LogP contribution in [0.3, 0.4) is 0 Å². The predicted octanol–water partition coefficient (Wildman–Crippen LogP) is 22.2. The van der Waals surface area contributed by atoms with Gasteiger partial charge < -0.3 is 43.1 Å². The van der Waals surface area contributed by atoms with Crippen LogP contribution in [0, 0.1) is 30.3 Å². The summed E-state index contributed by atoms with van der Waals surface area (Å²) in [4.78, 5) is 101. The Morgan fingerprint density at radius 1 is 0.385 bits per heavy atom. The van der Waals surface area contributed by atoms with Crippen LogP contribution >= 0.6 is 35.3 Å². The minimum absolute atomic E-state index is 0.0168. The Morgan fingerprint density at radius 3 is 1.12 bits per heavy atom. The number of carbonyl (C=O) groups excluding carboxylic acids is 3. The van der Waals surface area contributed by atoms with E-state index in [2.05, 4.69) is 15.0 Å². The number of amides is 3. The molecule has 0 spiro atoms. The van der Waals surface area contributed by atoms with E-state index in [1.165, 1.54) is 52.1 Å². The fourth-order valence-electron chi connectivity index (χ4n) is 14.8. The molecule has 756 valence electrons. The molecule has 9 aromatic carbocycles. The molecule has 0 saturated carbocycles. The summed E-state index contributed by atoms with van der Waals surface area (Å²) >= 11 is 0.850. The molecule has 3 aliphatic rings. The largest absolute Gasteiger partial charge is 0.416 e. The van der Waals surface area contributed by atoms with Crippen LogP contribution in [0.25, 0.3) is 33.4 Å². The van der Waals surface area contributed by atoms with Gasteiger partial charge in [-0.1, -0.05) is 229 Å². The molecular formula is C110H118F12N12O6S3. The van der Waals surface area contributed by atoms with E-state index < -0.39 is 396 Å². The first-order chi connectivity index (χ1) is 84.5. The van der Waals surface area contributed by atoms with E-state index in [9.17, 15) is 81.5 Å². The Hall–Kier alpha value is -11.9. The number of hydrogen-bond acceptors (Lipinski definition) is 15. The van der Waals surface area contributed by atoms with Crippen LogP contribution in [0.5, 0.6) is 0 Å². The third-order valence-electron chi connectivity index (χ3n) is 22.2. The molecule has 3 aromatic heterocycles. The normalized spacial score (nSPS) is 19.7. The smallest absolute Gasteiger partial charge is 0.336 e. The van der Waals surface area contributed by atoms with Gasteiger partial charge in [-0.25, -0.2) is 13.2 Å². The van der Waals surface area contributed by atoms with E-state index in [1.807, 2.05) is 0 Å². The number of rotatable bonds is 39. The first kappa shape index (κ1) is 64.8. The zero-order valence-corrected chi connectivity index (χ0v) is 80.0. The van der Waals surface area contributed by atoms with Gasteiger partial charge in [0, 0.05) is 141 Å². The van der Waals surface area contributed by atoms with Crippen molar-refractivity contribution in [2.75, 3.05) is 78.2 Å². The molecule has 33 heteroatoms. The van der Waals surface area contributed by atoms with Crippen molar-refractivity contribution in [2.24, 2.45) is 5.89 Å². The monoisotopic (exact) mass is 2070 g/mol. The third-order valence-corrected chi connectivity index (χ3v) is 24.6. The van der Waals surface area contributed by atoms with Crippen LogP contribution in [-0.4, -0.2) is 154 Å². The summed E-state index contributed by atoms with van der Waals surface area (Å²) in [7, 11) is 0. The molecule has 3 amide bonds. The van der Waals surface area contributed by atoms with Crippen LogP contribution in [-0.2, 0) is 128 Å². The topological polar surface area (TPSA) is 175 Å². The molecular weight excluding hydrogens is 1910 g/mol. The maximum absolute atomic E-state index is 14.8. The van der Waals surface area contributed by atoms with Crippen LogP contribution in [0.15, 0.2) is 242 Å². The molecule has 15 rings (SSSR count). The van der Waals surface area contributed by atoms with Crippen molar-refractivity contribution in [3.63, 3.8) is 0 Å². The van der Waals surface area contributed by atoms with Gasteiger partial charge in [-0.3, -0.25) is 28.8 Å². The highest BCUT2D eigenvalue weighted by atomic mass is 32.2. The summed E-state index contributed by atoms with van der Waals surface area (Å²) in [6.45, 7) is -12.8. The Kier molecular flexibility index (Phi) is 22.7. The molecule has 12 aromatic rings. The van der Waals surface area contributed by atoms with Crippen molar-refractivity contribution < 1.29 is 125 Å². The lowest BCUT2D eigenvalue weighted by Gasteiger charge is -2.28. The standard InChI is InChI=1S/2C37H40F4N4O2S.C36H38F4N4O2S/c1-4-43(5-2)18-19-44(22-26-6-10-28(11-7-26)29-12-14-30(15-13-29)37(39,40)41)34(46)23-45-33-21-25(3)20-32(33)35(47)42-36(45)48-24-27-8-16-31(38)17-9-27;1-4-43(5-2)19-20-44(22-26-9-13-28(14-10-26)29-15-18-32(25(3)21-29)37(39,40)41)34(46)23-45-33-8-6-7-31(33)35(47)42-36(45)48-24-27-11-16-30(38)17-12-27;1-3-42(4-2)20-21-43(22-25-8-12-27(13-9-25)28-14-16-29(17-15-28)36(38,39)40)33(45)23-44-32-7-5-6-31(32)34(46)41-35(44)47-24-26-10-18-30(37)19-11-26/h6-17,25H,4-5,18-24H2,1-3H3;9-18,21H,4-8,19-20,22-24H2,1-3H3;8-19H,3-7,20-24H2,1-2H3/i4D2,5D2,6D,7D,10D,11D,12D,13D,14D,15D,20D2,21D2,24D2,25D;4D2,5D2,9D,10D,13D,14D,15D,18D,21D,24D2;3D2,4D2,10D,11D,18D,19D,24D2. The van der Waals surface area contributed by atoms with Gasteiger partial charge in [-0.15, -0.1) is 0 Å². The van der Waals surface area contributed by atoms with Gasteiger partial charge in [-0.2, -0.15) is 54.5 Å². The number of likely N-dealkylation sites (N-methyl/N-ethyl adjacent to an activating group) is 3. The summed E-state index contributed by atoms with van der Waals surface area (Å²) in [5.41, 5.74) is -20.1. The van der Waals surface area contributed by atoms with Gasteiger partial charge in [0.25, 0.3) is 16.7 Å². The van der Waals surface area contributed by atoms with Crippen LogP contribution in [0.2, 0.25) is 0 Å². The zero-order valence-electron chi connectivity index (χ0n) is 120. The quantitative estimate of drug-likeness (QED) is 0.0202. The van der Waals surface area contributed by atoms with Gasteiger partial charge in [0.1, 0.15) is 37.1 Å². The van der Waals surface area contributed by atoms with Crippen molar-refractivity contribution in [3.8, 4) is 33.4 Å². The third kappa shape index (κ3) is 29.5. The van der Waals surface area contributed by atoms with E-state index in [1.54, 1.807) is 24.3 Å². The minimum atomic E-state index is -5.37. The Bertz CT molecular complexity index is 8780. The molecule has 1 atom stereocenters. The van der Waals surface area contributed by atoms with Crippen LogP contribution < -0.4 is 16.7 Å². The Balaban J connectivity index is 0.000000225. The first-order valence-corrected chi connectivity index (χ1v) is 46.2. The molecule has 3 heterocycles. The molecule has 0 aliphatic heterocycles. The van der Waals surface area contributed by atoms with Crippen molar-refractivity contribution in [1.29, 1.82) is 0 Å². The molecule has 0 N–H and O–H groups in total. The average molecular weight is 2070 g/mol. The lowest BCUT2D eigenvalue weighted by atomic mass is 9.98. The summed E-state index contributed by atoms with van der Waals surface area (Å²) in [5.74, 6) is -8.36. The molecule has 0 fully saturated rings. The summed E-state index contributed by atoms with van der Waals surface area (Å²) in [6, 6.07) is -1.51. The number of benzene rings is 9. The molecule has 143 heavy (non-hydrogen) atoms. The zero-order chi connectivity index (χ0) is 140. The minimum Gasteiger partial charge on any atom is -0.336 e. The number of aromatic nitrogens is 6. The molecule has 3 aliphatic carbocycles. The van der Waals surface area contributed by atoms with Gasteiger partial charge in [0.15, 0.2) is 15.5 Å². The number of carbonyl (C=O) groups is 3. The van der Waals surface area contributed by atoms with Crippen molar-refractivity contribution in [1.82, 2.24) is 58.1 Å². The van der Waals surface area contributed by atoms with Gasteiger partial charge in [0.2, 0.25) is 17.7 Å². The van der Waals surface area contributed by atoms with Crippen molar-refractivity contribution in [3.05, 3.63) is 350 Å². The Morgan fingerprint density at radius 2 is 0.727 bits per heavy atom. The highest BCUT2D eigenvalue weighted by Crippen LogP contribution is 2.39. The Labute approximate surface area is 897 Å². The van der Waals surface area contributed by atoms with E-state index >= 15 is 0 Å². The SMILES string of the molecule is [2H]c1c([2H])c(-c2c([2H])c([2H])c(C(F)(F)F)c(C)c2[2H])c([2H])c([2H])c1CN(CCN(C([2H])([2H])C)C([2H])([2H])C)C(=O)Cn1c(SC([2H])([2H])c2ccc(F)cc2)nc(=O)c2c1CCC2.[2H]c1c([2H])c(-c2c([2H])c([2H])c(C(F)(F)F)c([2H])c2[2H])c([2H])c([2H])c1CN(CCN(C([2H])([2H])C)C([2H])([2H])C)C(=O)Cn1c(SC([2H])([2H])c2ccc(F)cc2)nc(=O)c2c1C([2H])([2H])C([2H])(C)C2([2H])[2H].[2H]c1c([2H])c(C([2H])([2H])Sc2nc(=O)c3c(n2CC(=O)N(CCN(C([2H])([2H])C)C([2H])([2H])C)Cc2ccc(-c4ccc(C(F)(F)F)cc4)cc2)CCC3)c([2H])c([2H])c1F. The highest BCUT2D eigenvalue weighted by Gasteiger charge is 2.36. The van der Waals surface area contributed by atoms with E-state index in [0.29, 0.717) is 87.0 Å². The maximum Gasteiger partial charge on any atom is 0.416 e. The van der Waals surface area contributed by atoms with E-state index in [-0.39, 0.29) is 76.6 Å². The van der Waals surface area contributed by atoms with Gasteiger partial charge >= 0.3 is 18.5 Å². The first-order valence-electron chi connectivity index (χ1n) is 64.8. The lowest BCUT2D eigenvalue weighted by molar-refractivity contribution is -0.138. The molecule has 0 saturated heterocycles. The fourth-order valence-corrected chi connectivity index (χ4v) is 17.0. The number of nitrogens with zero attached hydrogens (tertiary/aromatic N) is 12. The fraction of sp³-hybridized carbons (Fsp3) is 0.373. The van der Waals surface area contributed by atoms with Crippen LogP contribution in [0.1, 0.15) is 208 Å². The predicted molar refractivity (Wildman–Crippen MR) is 539 cm³/mol. The molecule has 18 nitrogen and oxygen atoms in total. The van der Waals surface area contributed by atoms with Crippen molar-refractivity contribution in [2.45, 2.75) is 197 Å². The summed E-state index contributed by atoms with van der Waals surface area (Å²) in [6.07, 6.45) is -19.0. The van der Waals surface area contributed by atoms with E-state index in [4.69, 9.17) is 57.6 Å². The van der Waals surface area contributed by atoms with Gasteiger partial charge in [0.05, 0.1) is 42.7 Å². The molecule has 0 radical (unpaired) electrons. The van der Waals surface area contributed by atoms with E-state index in [0.717, 1.165) is 110 Å². The number of fused-ring (bicyclic) bond motifs is 3.